The van der Waals surface area contributed by atoms with Crippen molar-refractivity contribution in [1.29, 1.82) is 0 Å². The Morgan fingerprint density at radius 2 is 2.20 bits per heavy atom. The molecule has 20 heavy (non-hydrogen) atoms. The second-order valence-corrected chi connectivity index (χ2v) is 6.04. The van der Waals surface area contributed by atoms with Gasteiger partial charge in [0, 0.05) is 26.4 Å². The lowest BCUT2D eigenvalue weighted by atomic mass is 9.90. The zero-order valence-corrected chi connectivity index (χ0v) is 12.9. The van der Waals surface area contributed by atoms with Gasteiger partial charge in [0.2, 0.25) is 5.91 Å². The zero-order chi connectivity index (χ0) is 15.2. The van der Waals surface area contributed by atoms with Crippen LogP contribution >= 0.6 is 11.6 Å². The summed E-state index contributed by atoms with van der Waals surface area (Å²) >= 11 is 5.77. The molecule has 0 fully saturated rings. The number of amides is 1. The molecule has 0 aliphatic heterocycles. The summed E-state index contributed by atoms with van der Waals surface area (Å²) < 4.78 is 0. The third-order valence-electron chi connectivity index (χ3n) is 3.04. The summed E-state index contributed by atoms with van der Waals surface area (Å²) in [6.07, 6.45) is 2.21. The Balaban J connectivity index is 2.44. The van der Waals surface area contributed by atoms with E-state index in [9.17, 15) is 4.79 Å². The van der Waals surface area contributed by atoms with Crippen LogP contribution in [-0.4, -0.2) is 42.7 Å². The SMILES string of the molecule is CN(CC(=O)NCC(C)(C)CCO)c1ccc(Cl)cn1. The van der Waals surface area contributed by atoms with Crippen LogP contribution in [0.25, 0.3) is 0 Å². The summed E-state index contributed by atoms with van der Waals surface area (Å²) in [5, 5.41) is 12.4. The summed E-state index contributed by atoms with van der Waals surface area (Å²) in [6, 6.07) is 3.51. The summed E-state index contributed by atoms with van der Waals surface area (Å²) in [5.74, 6) is 0.620. The minimum absolute atomic E-state index is 0.0738. The number of hydrogen-bond donors (Lipinski definition) is 2. The lowest BCUT2D eigenvalue weighted by Crippen LogP contribution is -2.40. The fraction of sp³-hybridized carbons (Fsp3) is 0.571. The molecule has 1 amide bonds. The van der Waals surface area contributed by atoms with Gasteiger partial charge in [-0.15, -0.1) is 0 Å². The first-order valence-electron chi connectivity index (χ1n) is 6.54. The van der Waals surface area contributed by atoms with Crippen LogP contribution in [0.2, 0.25) is 5.02 Å². The van der Waals surface area contributed by atoms with Gasteiger partial charge in [-0.2, -0.15) is 0 Å². The third kappa shape index (κ3) is 5.75. The van der Waals surface area contributed by atoms with Crippen molar-refractivity contribution in [2.24, 2.45) is 5.41 Å². The Bertz CT molecular complexity index is 435. The van der Waals surface area contributed by atoms with Gasteiger partial charge in [0.15, 0.2) is 0 Å². The molecule has 1 aromatic rings. The Morgan fingerprint density at radius 1 is 1.50 bits per heavy atom. The predicted octanol–water partition coefficient (Wildman–Crippen LogP) is 1.70. The monoisotopic (exact) mass is 299 g/mol. The van der Waals surface area contributed by atoms with Crippen molar-refractivity contribution in [3.8, 4) is 0 Å². The predicted molar refractivity (Wildman–Crippen MR) is 81.0 cm³/mol. The maximum absolute atomic E-state index is 11.9. The molecule has 5 nitrogen and oxygen atoms in total. The quantitative estimate of drug-likeness (QED) is 0.804. The number of aliphatic hydroxyl groups excluding tert-OH is 1. The highest BCUT2D eigenvalue weighted by molar-refractivity contribution is 6.30. The van der Waals surface area contributed by atoms with Crippen LogP contribution < -0.4 is 10.2 Å². The second kappa shape index (κ2) is 7.45. The molecule has 0 aliphatic carbocycles. The largest absolute Gasteiger partial charge is 0.396 e. The van der Waals surface area contributed by atoms with Crippen molar-refractivity contribution >= 4 is 23.3 Å². The maximum atomic E-state index is 11.9. The Labute approximate surface area is 125 Å². The number of hydrogen-bond acceptors (Lipinski definition) is 4. The lowest BCUT2D eigenvalue weighted by Gasteiger charge is -2.25. The van der Waals surface area contributed by atoms with E-state index in [1.165, 1.54) is 0 Å². The molecule has 0 spiro atoms. The summed E-state index contributed by atoms with van der Waals surface area (Å²) in [7, 11) is 1.80. The minimum atomic E-state index is -0.110. The average molecular weight is 300 g/mol. The molecule has 1 aromatic heterocycles. The van der Waals surface area contributed by atoms with E-state index in [4.69, 9.17) is 16.7 Å². The summed E-state index contributed by atoms with van der Waals surface area (Å²) in [4.78, 5) is 17.8. The van der Waals surface area contributed by atoms with Gasteiger partial charge in [-0.25, -0.2) is 4.98 Å². The number of likely N-dealkylation sites (N-methyl/N-ethyl adjacent to an activating group) is 1. The van der Waals surface area contributed by atoms with E-state index in [1.54, 1.807) is 30.3 Å². The number of nitrogens with zero attached hydrogens (tertiary/aromatic N) is 2. The molecule has 0 saturated heterocycles. The number of nitrogens with one attached hydrogen (secondary N) is 1. The van der Waals surface area contributed by atoms with Crippen LogP contribution in [0.4, 0.5) is 5.82 Å². The van der Waals surface area contributed by atoms with E-state index in [-0.39, 0.29) is 24.5 Å². The molecule has 2 N–H and O–H groups in total. The first-order valence-corrected chi connectivity index (χ1v) is 6.92. The molecule has 0 atom stereocenters. The van der Waals surface area contributed by atoms with E-state index in [2.05, 4.69) is 10.3 Å². The molecule has 1 heterocycles. The van der Waals surface area contributed by atoms with Crippen LogP contribution in [0, 0.1) is 5.41 Å². The van der Waals surface area contributed by atoms with Crippen molar-refractivity contribution in [1.82, 2.24) is 10.3 Å². The van der Waals surface area contributed by atoms with Gasteiger partial charge in [0.1, 0.15) is 5.82 Å². The number of halogens is 1. The molecule has 112 valence electrons. The average Bonchev–Trinajstić information content (AvgIpc) is 2.37. The van der Waals surface area contributed by atoms with Gasteiger partial charge in [-0.05, 0) is 24.0 Å². The lowest BCUT2D eigenvalue weighted by molar-refractivity contribution is -0.120. The standard InChI is InChI=1S/C14H22ClN3O2/c1-14(2,6-7-19)10-17-13(20)9-18(3)12-5-4-11(15)8-16-12/h4-5,8,19H,6-7,9-10H2,1-3H3,(H,17,20). The fourth-order valence-corrected chi connectivity index (χ4v) is 1.79. The molecule has 0 unspecified atom stereocenters. The molecule has 0 aliphatic rings. The van der Waals surface area contributed by atoms with E-state index >= 15 is 0 Å². The van der Waals surface area contributed by atoms with E-state index in [0.717, 1.165) is 0 Å². The van der Waals surface area contributed by atoms with Crippen molar-refractivity contribution in [2.45, 2.75) is 20.3 Å². The van der Waals surface area contributed by atoms with Gasteiger partial charge in [0.05, 0.1) is 11.6 Å². The summed E-state index contributed by atoms with van der Waals surface area (Å²) in [5.41, 5.74) is -0.110. The van der Waals surface area contributed by atoms with Crippen LogP contribution in [0.3, 0.4) is 0 Å². The van der Waals surface area contributed by atoms with Gasteiger partial charge in [-0.1, -0.05) is 25.4 Å². The molecule has 0 aromatic carbocycles. The molecular weight excluding hydrogens is 278 g/mol. The second-order valence-electron chi connectivity index (χ2n) is 5.61. The number of anilines is 1. The van der Waals surface area contributed by atoms with Gasteiger partial charge in [-0.3, -0.25) is 4.79 Å². The summed E-state index contributed by atoms with van der Waals surface area (Å²) in [6.45, 7) is 4.90. The van der Waals surface area contributed by atoms with E-state index in [0.29, 0.717) is 23.8 Å². The molecule has 0 radical (unpaired) electrons. The molecule has 0 bridgehead atoms. The van der Waals surface area contributed by atoms with Crippen LogP contribution in [0.1, 0.15) is 20.3 Å². The highest BCUT2D eigenvalue weighted by Gasteiger charge is 2.18. The van der Waals surface area contributed by atoms with Crippen LogP contribution in [0.5, 0.6) is 0 Å². The van der Waals surface area contributed by atoms with E-state index in [1.807, 2.05) is 13.8 Å². The maximum Gasteiger partial charge on any atom is 0.239 e. The Morgan fingerprint density at radius 3 is 2.75 bits per heavy atom. The minimum Gasteiger partial charge on any atom is -0.396 e. The number of aliphatic hydroxyl groups is 1. The number of carbonyl (C=O) groups is 1. The molecular formula is C14H22ClN3O2. The van der Waals surface area contributed by atoms with Crippen LogP contribution in [0.15, 0.2) is 18.3 Å². The number of rotatable bonds is 7. The normalized spacial score (nSPS) is 11.2. The highest BCUT2D eigenvalue weighted by atomic mass is 35.5. The van der Waals surface area contributed by atoms with Gasteiger partial charge >= 0.3 is 0 Å². The number of aromatic nitrogens is 1. The highest BCUT2D eigenvalue weighted by Crippen LogP contribution is 2.18. The first kappa shape index (κ1) is 16.7. The van der Waals surface area contributed by atoms with Gasteiger partial charge < -0.3 is 15.3 Å². The van der Waals surface area contributed by atoms with E-state index < -0.39 is 0 Å². The molecule has 6 heteroatoms. The van der Waals surface area contributed by atoms with Crippen molar-refractivity contribution in [2.75, 3.05) is 31.6 Å². The topological polar surface area (TPSA) is 65.5 Å². The number of carbonyl (C=O) groups excluding carboxylic acids is 1. The zero-order valence-electron chi connectivity index (χ0n) is 12.2. The smallest absolute Gasteiger partial charge is 0.239 e. The fourth-order valence-electron chi connectivity index (χ4n) is 1.68. The Hall–Kier alpha value is -1.33. The first-order chi connectivity index (χ1) is 9.34. The third-order valence-corrected chi connectivity index (χ3v) is 3.26. The van der Waals surface area contributed by atoms with Crippen LogP contribution in [-0.2, 0) is 4.79 Å². The van der Waals surface area contributed by atoms with Crippen molar-refractivity contribution < 1.29 is 9.90 Å². The number of pyridine rings is 1. The molecule has 1 rings (SSSR count). The van der Waals surface area contributed by atoms with Crippen molar-refractivity contribution in [3.63, 3.8) is 0 Å². The van der Waals surface area contributed by atoms with Gasteiger partial charge in [0.25, 0.3) is 0 Å². The Kier molecular flexibility index (Phi) is 6.23. The molecule has 0 saturated carbocycles. The van der Waals surface area contributed by atoms with Crippen molar-refractivity contribution in [3.05, 3.63) is 23.4 Å².